The number of rotatable bonds is 7. The summed E-state index contributed by atoms with van der Waals surface area (Å²) in [7, 11) is 0. The molecule has 2 unspecified atom stereocenters. The monoisotopic (exact) mass is 522 g/mol. The zero-order valence-corrected chi connectivity index (χ0v) is 19.5. The van der Waals surface area contributed by atoms with Crippen LogP contribution in [0.4, 0.5) is 17.6 Å². The number of nitrogens with one attached hydrogen (secondary N) is 2. The van der Waals surface area contributed by atoms with E-state index in [1.165, 1.54) is 18.5 Å². The summed E-state index contributed by atoms with van der Waals surface area (Å²) in [5.74, 6) is -4.29. The van der Waals surface area contributed by atoms with Gasteiger partial charge < -0.3 is 15.4 Å². The van der Waals surface area contributed by atoms with Crippen molar-refractivity contribution in [3.8, 4) is 11.4 Å². The Hall–Kier alpha value is -3.86. The number of hydrogen-bond donors (Lipinski definition) is 2. The van der Waals surface area contributed by atoms with Crippen LogP contribution in [0, 0.1) is 23.3 Å². The van der Waals surface area contributed by atoms with Gasteiger partial charge in [0.25, 0.3) is 5.56 Å². The number of carbonyl (C=O) groups excluding carboxylic acids is 1. The van der Waals surface area contributed by atoms with Gasteiger partial charge in [0.2, 0.25) is 5.91 Å². The molecular weight excluding hydrogens is 504 g/mol. The number of ether oxygens (including phenoxy) is 1. The van der Waals surface area contributed by atoms with Crippen molar-refractivity contribution in [3.05, 3.63) is 92.4 Å². The van der Waals surface area contributed by atoms with Crippen molar-refractivity contribution < 1.29 is 27.1 Å². The lowest BCUT2D eigenvalue weighted by Crippen LogP contribution is -2.41. The first-order chi connectivity index (χ1) is 17.2. The molecule has 1 aliphatic rings. The average molecular weight is 523 g/mol. The highest BCUT2D eigenvalue weighted by Crippen LogP contribution is 2.25. The van der Waals surface area contributed by atoms with Crippen LogP contribution in [0.15, 0.2) is 52.4 Å². The normalized spacial score (nSPS) is 16.6. The molecule has 0 saturated heterocycles. The Morgan fingerprint density at radius 2 is 1.86 bits per heavy atom. The maximum atomic E-state index is 14.9. The van der Waals surface area contributed by atoms with E-state index < -0.39 is 51.5 Å². The molecule has 4 rings (SSSR count). The average Bonchev–Trinajstić information content (AvgIpc) is 3.26. The van der Waals surface area contributed by atoms with E-state index in [9.17, 15) is 27.2 Å². The van der Waals surface area contributed by atoms with Gasteiger partial charge in [-0.1, -0.05) is 11.6 Å². The van der Waals surface area contributed by atoms with E-state index >= 15 is 0 Å². The molecule has 1 aliphatic heterocycles. The molecule has 0 saturated carbocycles. The number of hydrogen-bond acceptors (Lipinski definition) is 5. The van der Waals surface area contributed by atoms with E-state index in [0.29, 0.717) is 10.6 Å². The lowest BCUT2D eigenvalue weighted by Gasteiger charge is -2.15. The van der Waals surface area contributed by atoms with Gasteiger partial charge >= 0.3 is 0 Å². The molecule has 0 radical (unpaired) electrons. The Labute approximate surface area is 207 Å². The zero-order chi connectivity index (χ0) is 26.0. The Balaban J connectivity index is 1.51. The van der Waals surface area contributed by atoms with Gasteiger partial charge in [0.1, 0.15) is 40.7 Å². The van der Waals surface area contributed by atoms with Crippen LogP contribution in [-0.2, 0) is 17.9 Å². The van der Waals surface area contributed by atoms with Crippen molar-refractivity contribution in [3.63, 3.8) is 0 Å². The second-order valence-corrected chi connectivity index (χ2v) is 8.38. The minimum atomic E-state index is -1.06. The van der Waals surface area contributed by atoms with Crippen LogP contribution < -0.4 is 20.9 Å². The lowest BCUT2D eigenvalue weighted by atomic mass is 10.1. The van der Waals surface area contributed by atoms with Crippen LogP contribution in [0.25, 0.3) is 5.69 Å². The minimum absolute atomic E-state index is 0.0156. The van der Waals surface area contributed by atoms with E-state index in [1.807, 2.05) is 0 Å². The third-order valence-corrected chi connectivity index (χ3v) is 5.84. The second kappa shape index (κ2) is 10.4. The SMILES string of the molecule is CC1NC=NC1C(=O)NCc1cc(F)c(-n2ccc(OCc3ccc(F)cc3F)c(Cl)c2=O)c(F)c1. The van der Waals surface area contributed by atoms with E-state index in [0.717, 1.165) is 24.4 Å². The molecule has 2 heterocycles. The van der Waals surface area contributed by atoms with Crippen molar-refractivity contribution in [2.24, 2.45) is 4.99 Å². The highest BCUT2D eigenvalue weighted by molar-refractivity contribution is 6.31. The number of aromatic nitrogens is 1. The second-order valence-electron chi connectivity index (χ2n) is 8.00. The molecule has 188 valence electrons. The van der Waals surface area contributed by atoms with Crippen LogP contribution in [0.3, 0.4) is 0 Å². The molecule has 2 aromatic carbocycles. The lowest BCUT2D eigenvalue weighted by molar-refractivity contribution is -0.122. The molecule has 0 spiro atoms. The highest BCUT2D eigenvalue weighted by atomic mass is 35.5. The summed E-state index contributed by atoms with van der Waals surface area (Å²) < 4.78 is 62.6. The van der Waals surface area contributed by atoms with Gasteiger partial charge in [-0.2, -0.15) is 0 Å². The van der Waals surface area contributed by atoms with Gasteiger partial charge in [0, 0.05) is 24.4 Å². The van der Waals surface area contributed by atoms with Crippen LogP contribution in [0.1, 0.15) is 18.1 Å². The molecule has 1 aromatic heterocycles. The molecule has 12 heteroatoms. The number of carbonyl (C=O) groups is 1. The van der Waals surface area contributed by atoms with E-state index in [-0.39, 0.29) is 36.1 Å². The molecule has 0 fully saturated rings. The maximum Gasteiger partial charge on any atom is 0.277 e. The fourth-order valence-corrected chi connectivity index (χ4v) is 3.78. The van der Waals surface area contributed by atoms with E-state index in [1.54, 1.807) is 6.92 Å². The summed E-state index contributed by atoms with van der Waals surface area (Å²) >= 11 is 6.05. The summed E-state index contributed by atoms with van der Waals surface area (Å²) in [6.07, 6.45) is 2.48. The van der Waals surface area contributed by atoms with Crippen LogP contribution in [-0.4, -0.2) is 28.9 Å². The molecule has 3 aromatic rings. The molecule has 2 N–H and O–H groups in total. The van der Waals surface area contributed by atoms with E-state index in [4.69, 9.17) is 16.3 Å². The van der Waals surface area contributed by atoms with Gasteiger partial charge in [-0.15, -0.1) is 0 Å². The molecule has 0 aliphatic carbocycles. The van der Waals surface area contributed by atoms with Crippen LogP contribution in [0.2, 0.25) is 5.02 Å². The molecule has 0 bridgehead atoms. The summed E-state index contributed by atoms with van der Waals surface area (Å²) in [6.45, 7) is 1.25. The fraction of sp³-hybridized carbons (Fsp3) is 0.208. The van der Waals surface area contributed by atoms with Gasteiger partial charge in [-0.05, 0) is 42.8 Å². The summed E-state index contributed by atoms with van der Waals surface area (Å²) in [6, 6.07) is 5.20. The topological polar surface area (TPSA) is 84.7 Å². The number of aliphatic imine (C=N–C) groups is 1. The standard InChI is InChI=1S/C24H19ClF4N4O3/c1-12-21(32-11-31-12)23(34)30-9-13-6-17(28)22(18(29)7-13)33-5-4-19(20(25)24(33)35)36-10-14-2-3-15(26)8-16(14)27/h2-8,11-12,21H,9-10H2,1H3,(H,30,34)(H,31,32). The van der Waals surface area contributed by atoms with E-state index in [2.05, 4.69) is 15.6 Å². The minimum Gasteiger partial charge on any atom is -0.487 e. The van der Waals surface area contributed by atoms with Crippen molar-refractivity contribution in [2.45, 2.75) is 32.2 Å². The molecule has 7 nitrogen and oxygen atoms in total. The first-order valence-corrected chi connectivity index (χ1v) is 11.0. The number of halogens is 5. The number of nitrogens with zero attached hydrogens (tertiary/aromatic N) is 2. The van der Waals surface area contributed by atoms with Crippen molar-refractivity contribution >= 4 is 23.8 Å². The first-order valence-electron chi connectivity index (χ1n) is 10.7. The van der Waals surface area contributed by atoms with Crippen molar-refractivity contribution in [1.29, 1.82) is 0 Å². The highest BCUT2D eigenvalue weighted by Gasteiger charge is 2.27. The molecule has 2 atom stereocenters. The Morgan fingerprint density at radius 3 is 2.50 bits per heavy atom. The van der Waals surface area contributed by atoms with Gasteiger partial charge in [-0.25, -0.2) is 17.6 Å². The summed E-state index contributed by atoms with van der Waals surface area (Å²) in [4.78, 5) is 28.9. The number of amides is 1. The van der Waals surface area contributed by atoms with Crippen molar-refractivity contribution in [1.82, 2.24) is 15.2 Å². The summed E-state index contributed by atoms with van der Waals surface area (Å²) in [5.41, 5.74) is -1.51. The smallest absolute Gasteiger partial charge is 0.277 e. The largest absolute Gasteiger partial charge is 0.487 e. The quantitative estimate of drug-likeness (QED) is 0.464. The Bertz CT molecular complexity index is 1390. The molecule has 36 heavy (non-hydrogen) atoms. The van der Waals surface area contributed by atoms with Gasteiger partial charge in [0.05, 0.1) is 12.4 Å². The number of pyridine rings is 1. The van der Waals surface area contributed by atoms with Crippen LogP contribution >= 0.6 is 11.6 Å². The molecule has 1 amide bonds. The van der Waals surface area contributed by atoms with Crippen molar-refractivity contribution in [2.75, 3.05) is 0 Å². The third-order valence-electron chi connectivity index (χ3n) is 5.50. The molecular formula is C24H19ClF4N4O3. The third kappa shape index (κ3) is 5.20. The Kier molecular flexibility index (Phi) is 7.30. The first kappa shape index (κ1) is 25.2. The fourth-order valence-electron chi connectivity index (χ4n) is 3.58. The zero-order valence-electron chi connectivity index (χ0n) is 18.7. The summed E-state index contributed by atoms with van der Waals surface area (Å²) in [5, 5.41) is 4.95. The van der Waals surface area contributed by atoms with Crippen LogP contribution in [0.5, 0.6) is 5.75 Å². The predicted octanol–water partition coefficient (Wildman–Crippen LogP) is 3.63. The maximum absolute atomic E-state index is 14.9. The van der Waals surface area contributed by atoms with Gasteiger partial charge in [0.15, 0.2) is 11.6 Å². The van der Waals surface area contributed by atoms with Gasteiger partial charge in [-0.3, -0.25) is 19.1 Å². The predicted molar refractivity (Wildman–Crippen MR) is 124 cm³/mol. The Morgan fingerprint density at radius 1 is 1.14 bits per heavy atom. The number of benzene rings is 2.